The van der Waals surface area contributed by atoms with Gasteiger partial charge in [-0.25, -0.2) is 32.7 Å². The number of carbonyl (C=O) groups is 2. The van der Waals surface area contributed by atoms with E-state index < -0.39 is 54.9 Å². The van der Waals surface area contributed by atoms with Crippen LogP contribution in [0.2, 0.25) is 0 Å². The van der Waals surface area contributed by atoms with Crippen LogP contribution in [0.25, 0.3) is 0 Å². The Morgan fingerprint density at radius 3 is 2.66 bits per heavy atom. The van der Waals surface area contributed by atoms with Gasteiger partial charge in [0.15, 0.2) is 10.8 Å². The Balaban J connectivity index is 1.78. The van der Waals surface area contributed by atoms with E-state index in [-0.39, 0.29) is 31.0 Å². The van der Waals surface area contributed by atoms with Gasteiger partial charge in [-0.05, 0) is 31.5 Å². The number of aliphatic imine (C=N–C) groups is 1. The molecule has 3 heterocycles. The fourth-order valence-corrected chi connectivity index (χ4v) is 5.24. The molecule has 2 aliphatic heterocycles. The highest BCUT2D eigenvalue weighted by atomic mass is 32.1. The van der Waals surface area contributed by atoms with Crippen LogP contribution in [-0.2, 0) is 24.6 Å². The SMILES string of the molecule is CCOC(=O)C1=C(CN2CC(OCC(=O)O)CC(F)(F)C2)NC(c2nccs2)=N[C@@]1(C)c1ccc(F)cc1. The number of carboxylic acids is 1. The highest BCUT2D eigenvalue weighted by Gasteiger charge is 2.45. The number of aromatic nitrogens is 1. The number of hydrogen-bond acceptors (Lipinski definition) is 9. The second-order valence-corrected chi connectivity index (χ2v) is 10.0. The molecule has 4 rings (SSSR count). The molecule has 0 spiro atoms. The van der Waals surface area contributed by atoms with Crippen LogP contribution in [0.1, 0.15) is 30.8 Å². The molecule has 2 atom stereocenters. The zero-order valence-electron chi connectivity index (χ0n) is 20.7. The summed E-state index contributed by atoms with van der Waals surface area (Å²) in [6.45, 7) is 1.92. The average Bonchev–Trinajstić information content (AvgIpc) is 3.37. The first-order valence-corrected chi connectivity index (χ1v) is 12.8. The number of amidine groups is 1. The summed E-state index contributed by atoms with van der Waals surface area (Å²) < 4.78 is 53.6. The van der Waals surface area contributed by atoms with Crippen molar-refractivity contribution in [3.05, 3.63) is 63.5 Å². The number of halogens is 3. The topological polar surface area (TPSA) is 113 Å². The summed E-state index contributed by atoms with van der Waals surface area (Å²) in [5, 5.41) is 14.3. The number of aliphatic carboxylic acids is 1. The van der Waals surface area contributed by atoms with Crippen molar-refractivity contribution in [2.75, 3.05) is 32.8 Å². The van der Waals surface area contributed by atoms with Crippen molar-refractivity contribution >= 4 is 29.1 Å². The zero-order valence-corrected chi connectivity index (χ0v) is 21.6. The molecule has 1 aromatic heterocycles. The van der Waals surface area contributed by atoms with Crippen LogP contribution in [0.5, 0.6) is 0 Å². The number of esters is 1. The zero-order chi connectivity index (χ0) is 27.5. The van der Waals surface area contributed by atoms with Gasteiger partial charge in [-0.15, -0.1) is 11.3 Å². The second-order valence-electron chi connectivity index (χ2n) is 9.13. The first kappa shape index (κ1) is 27.7. The highest BCUT2D eigenvalue weighted by Crippen LogP contribution is 2.40. The van der Waals surface area contributed by atoms with Gasteiger partial charge in [-0.1, -0.05) is 12.1 Å². The number of ether oxygens (including phenoxy) is 2. The number of nitrogens with zero attached hydrogens (tertiary/aromatic N) is 3. The van der Waals surface area contributed by atoms with Gasteiger partial charge in [-0.2, -0.15) is 0 Å². The van der Waals surface area contributed by atoms with Gasteiger partial charge >= 0.3 is 11.9 Å². The normalized spacial score (nSPS) is 23.5. The summed E-state index contributed by atoms with van der Waals surface area (Å²) >= 11 is 1.29. The number of likely N-dealkylation sites (tertiary alicyclic amines) is 1. The van der Waals surface area contributed by atoms with Crippen molar-refractivity contribution in [3.8, 4) is 0 Å². The molecule has 0 amide bonds. The minimum atomic E-state index is -3.15. The molecule has 9 nitrogen and oxygen atoms in total. The smallest absolute Gasteiger partial charge is 0.338 e. The standard InChI is InChI=1S/C25H27F3N4O5S/c1-3-36-23(35)20-18(12-32-11-17(37-13-19(33)34)10-25(27,28)14-32)30-21(22-29-8-9-38-22)31-24(20,2)15-4-6-16(26)7-5-15/h4-9,17H,3,10-14H2,1-2H3,(H,30,31)(H,33,34)/t17?,24-/m0/s1. The number of nitrogens with one attached hydrogen (secondary N) is 1. The van der Waals surface area contributed by atoms with Crippen LogP contribution >= 0.6 is 11.3 Å². The Bertz CT molecular complexity index is 1240. The van der Waals surface area contributed by atoms with Gasteiger partial charge in [0.25, 0.3) is 5.92 Å². The molecule has 2 aromatic rings. The minimum absolute atomic E-state index is 0.0150. The van der Waals surface area contributed by atoms with Crippen molar-refractivity contribution in [3.63, 3.8) is 0 Å². The molecule has 38 heavy (non-hydrogen) atoms. The second kappa shape index (κ2) is 11.2. The molecule has 0 radical (unpaired) electrons. The minimum Gasteiger partial charge on any atom is -0.480 e. The lowest BCUT2D eigenvalue weighted by atomic mass is 9.82. The summed E-state index contributed by atoms with van der Waals surface area (Å²) in [6, 6.07) is 5.51. The van der Waals surface area contributed by atoms with Gasteiger partial charge < -0.3 is 19.9 Å². The fraction of sp³-hybridized carbons (Fsp3) is 0.440. The molecule has 2 aliphatic rings. The lowest BCUT2D eigenvalue weighted by Crippen LogP contribution is -2.53. The maximum absolute atomic E-state index is 14.6. The summed E-state index contributed by atoms with van der Waals surface area (Å²) in [7, 11) is 0. The first-order valence-electron chi connectivity index (χ1n) is 11.9. The van der Waals surface area contributed by atoms with E-state index >= 15 is 0 Å². The van der Waals surface area contributed by atoms with Crippen molar-refractivity contribution in [1.82, 2.24) is 15.2 Å². The first-order chi connectivity index (χ1) is 18.0. The van der Waals surface area contributed by atoms with Crippen LogP contribution in [0, 0.1) is 5.82 Å². The predicted molar refractivity (Wildman–Crippen MR) is 133 cm³/mol. The van der Waals surface area contributed by atoms with E-state index in [4.69, 9.17) is 19.6 Å². The van der Waals surface area contributed by atoms with E-state index in [0.29, 0.717) is 16.4 Å². The van der Waals surface area contributed by atoms with Crippen LogP contribution < -0.4 is 5.32 Å². The maximum Gasteiger partial charge on any atom is 0.338 e. The maximum atomic E-state index is 14.6. The number of thiazole rings is 1. The van der Waals surface area contributed by atoms with Crippen molar-refractivity contribution in [1.29, 1.82) is 0 Å². The molecule has 1 unspecified atom stereocenters. The Morgan fingerprint density at radius 1 is 1.29 bits per heavy atom. The summed E-state index contributed by atoms with van der Waals surface area (Å²) in [5.41, 5.74) is -0.519. The molecule has 0 saturated carbocycles. The molecule has 1 saturated heterocycles. The molecule has 0 aliphatic carbocycles. The Hall–Kier alpha value is -3.29. The van der Waals surface area contributed by atoms with E-state index in [1.165, 1.54) is 40.5 Å². The molecular weight excluding hydrogens is 525 g/mol. The van der Waals surface area contributed by atoms with Crippen LogP contribution in [0.3, 0.4) is 0 Å². The summed E-state index contributed by atoms with van der Waals surface area (Å²) in [6.07, 6.45) is -0.0625. The Labute approximate surface area is 221 Å². The van der Waals surface area contributed by atoms with E-state index in [1.54, 1.807) is 25.4 Å². The van der Waals surface area contributed by atoms with Crippen LogP contribution in [0.4, 0.5) is 13.2 Å². The Kier molecular flexibility index (Phi) is 8.19. The van der Waals surface area contributed by atoms with Crippen molar-refractivity contribution in [2.45, 2.75) is 37.8 Å². The van der Waals surface area contributed by atoms with E-state index in [1.807, 2.05) is 0 Å². The molecule has 0 bridgehead atoms. The van der Waals surface area contributed by atoms with Gasteiger partial charge in [0, 0.05) is 36.8 Å². The quantitative estimate of drug-likeness (QED) is 0.456. The fourth-order valence-electron chi connectivity index (χ4n) is 4.66. The highest BCUT2D eigenvalue weighted by molar-refractivity contribution is 7.11. The third kappa shape index (κ3) is 6.22. The number of carbonyl (C=O) groups excluding carboxylic acids is 1. The van der Waals surface area contributed by atoms with E-state index in [9.17, 15) is 22.8 Å². The largest absolute Gasteiger partial charge is 0.480 e. The van der Waals surface area contributed by atoms with Crippen molar-refractivity contribution in [2.24, 2.45) is 4.99 Å². The number of carboxylic acid groups (broad SMARTS) is 1. The number of rotatable bonds is 9. The molecule has 1 aromatic carbocycles. The van der Waals surface area contributed by atoms with Crippen LogP contribution in [-0.4, -0.2) is 77.6 Å². The number of piperidine rings is 1. The lowest BCUT2D eigenvalue weighted by Gasteiger charge is -2.40. The molecular formula is C25H27F3N4O5S. The number of alkyl halides is 2. The van der Waals surface area contributed by atoms with Crippen molar-refractivity contribution < 1.29 is 37.3 Å². The molecule has 13 heteroatoms. The third-order valence-electron chi connectivity index (χ3n) is 6.18. The number of benzene rings is 1. The van der Waals surface area contributed by atoms with Gasteiger partial charge in [0.2, 0.25) is 0 Å². The summed E-state index contributed by atoms with van der Waals surface area (Å²) in [5.74, 6) is -5.26. The average molecular weight is 553 g/mol. The third-order valence-corrected chi connectivity index (χ3v) is 6.96. The number of hydrogen-bond donors (Lipinski definition) is 2. The van der Waals surface area contributed by atoms with Gasteiger partial charge in [-0.3, -0.25) is 4.90 Å². The monoisotopic (exact) mass is 552 g/mol. The summed E-state index contributed by atoms with van der Waals surface area (Å²) in [4.78, 5) is 34.7. The van der Waals surface area contributed by atoms with E-state index in [0.717, 1.165) is 0 Å². The predicted octanol–water partition coefficient (Wildman–Crippen LogP) is 3.18. The lowest BCUT2D eigenvalue weighted by molar-refractivity contribution is -0.154. The van der Waals surface area contributed by atoms with E-state index in [2.05, 4.69) is 10.3 Å². The Morgan fingerprint density at radius 2 is 2.03 bits per heavy atom. The molecule has 204 valence electrons. The molecule has 1 fully saturated rings. The molecule has 2 N–H and O–H groups in total. The van der Waals surface area contributed by atoms with Crippen LogP contribution in [0.15, 0.2) is 52.1 Å². The van der Waals surface area contributed by atoms with Gasteiger partial charge in [0.05, 0.1) is 24.8 Å². The van der Waals surface area contributed by atoms with Gasteiger partial charge in [0.1, 0.15) is 18.0 Å².